The second kappa shape index (κ2) is 6.61. The van der Waals surface area contributed by atoms with Gasteiger partial charge in [0, 0.05) is 32.7 Å². The van der Waals surface area contributed by atoms with Crippen LogP contribution < -0.4 is 10.5 Å². The number of hydrogen-bond donors (Lipinski definition) is 1. The van der Waals surface area contributed by atoms with E-state index in [1.807, 2.05) is 24.3 Å². The second-order valence-electron chi connectivity index (χ2n) is 4.88. The molecule has 1 aliphatic heterocycles. The quantitative estimate of drug-likeness (QED) is 0.630. The van der Waals surface area contributed by atoms with Crippen molar-refractivity contribution in [2.75, 3.05) is 52.1 Å². The van der Waals surface area contributed by atoms with E-state index in [4.69, 9.17) is 10.5 Å². The average molecular weight is 249 g/mol. The molecule has 100 valence electrons. The maximum absolute atomic E-state index is 5.82. The summed E-state index contributed by atoms with van der Waals surface area (Å²) < 4.78 is 5.69. The minimum Gasteiger partial charge on any atom is -0.491 e. The van der Waals surface area contributed by atoms with Crippen molar-refractivity contribution in [3.8, 4) is 5.75 Å². The molecule has 1 aromatic rings. The first-order valence-electron chi connectivity index (χ1n) is 6.64. The van der Waals surface area contributed by atoms with Crippen LogP contribution in [0.25, 0.3) is 0 Å². The number of hydrogen-bond acceptors (Lipinski definition) is 4. The minimum absolute atomic E-state index is 0.720. The van der Waals surface area contributed by atoms with Gasteiger partial charge in [0.15, 0.2) is 0 Å². The summed E-state index contributed by atoms with van der Waals surface area (Å²) >= 11 is 0. The number of anilines is 1. The zero-order valence-electron chi connectivity index (χ0n) is 11.1. The average Bonchev–Trinajstić information content (AvgIpc) is 2.39. The maximum Gasteiger partial charge on any atom is 0.142 e. The molecule has 1 aliphatic rings. The van der Waals surface area contributed by atoms with E-state index in [1.165, 1.54) is 26.2 Å². The summed E-state index contributed by atoms with van der Waals surface area (Å²) in [5.74, 6) is 0.802. The molecule has 1 saturated heterocycles. The molecule has 0 aliphatic carbocycles. The van der Waals surface area contributed by atoms with Gasteiger partial charge in [-0.3, -0.25) is 0 Å². The molecule has 1 fully saturated rings. The predicted octanol–water partition coefficient (Wildman–Crippen LogP) is 1.29. The first-order chi connectivity index (χ1) is 8.75. The minimum atomic E-state index is 0.720. The Labute approximate surface area is 109 Å². The predicted molar refractivity (Wildman–Crippen MR) is 74.9 cm³/mol. The number of para-hydroxylation sites is 2. The van der Waals surface area contributed by atoms with E-state index in [0.717, 1.165) is 31.0 Å². The fourth-order valence-electron chi connectivity index (χ4n) is 2.15. The van der Waals surface area contributed by atoms with Gasteiger partial charge in [-0.1, -0.05) is 12.1 Å². The third-order valence-corrected chi connectivity index (χ3v) is 3.39. The molecular weight excluding hydrogens is 226 g/mol. The molecule has 18 heavy (non-hydrogen) atoms. The third kappa shape index (κ3) is 3.89. The molecule has 4 nitrogen and oxygen atoms in total. The molecule has 0 aromatic heterocycles. The standard InChI is InChI=1S/C14H23N3O/c1-16-8-10-17(11-9-16)7-4-12-18-14-6-3-2-5-13(14)15/h2-3,5-6H,4,7-12,15H2,1H3. The second-order valence-corrected chi connectivity index (χ2v) is 4.88. The normalized spacial score (nSPS) is 17.8. The number of nitrogens with two attached hydrogens (primary N) is 1. The number of nitrogen functional groups attached to an aromatic ring is 1. The molecule has 0 atom stereocenters. The molecule has 0 unspecified atom stereocenters. The zero-order chi connectivity index (χ0) is 12.8. The van der Waals surface area contributed by atoms with Gasteiger partial charge in [0.05, 0.1) is 12.3 Å². The van der Waals surface area contributed by atoms with Gasteiger partial charge in [-0.25, -0.2) is 0 Å². The number of rotatable bonds is 5. The molecule has 0 radical (unpaired) electrons. The topological polar surface area (TPSA) is 41.7 Å². The van der Waals surface area contributed by atoms with Crippen LogP contribution in [-0.4, -0.2) is 56.2 Å². The van der Waals surface area contributed by atoms with Gasteiger partial charge in [0.1, 0.15) is 5.75 Å². The first kappa shape index (κ1) is 13.2. The van der Waals surface area contributed by atoms with E-state index in [-0.39, 0.29) is 0 Å². The SMILES string of the molecule is CN1CCN(CCCOc2ccccc2N)CC1. The van der Waals surface area contributed by atoms with Crippen molar-refractivity contribution in [1.29, 1.82) is 0 Å². The largest absolute Gasteiger partial charge is 0.491 e. The van der Waals surface area contributed by atoms with Crippen LogP contribution in [0.2, 0.25) is 0 Å². The van der Waals surface area contributed by atoms with E-state index in [2.05, 4.69) is 16.8 Å². The van der Waals surface area contributed by atoms with Crippen molar-refractivity contribution in [3.63, 3.8) is 0 Å². The summed E-state index contributed by atoms with van der Waals surface area (Å²) in [4.78, 5) is 4.87. The lowest BCUT2D eigenvalue weighted by molar-refractivity contribution is 0.145. The van der Waals surface area contributed by atoms with Crippen LogP contribution in [0.3, 0.4) is 0 Å². The Bertz CT molecular complexity index is 362. The Morgan fingerprint density at radius 1 is 1.17 bits per heavy atom. The van der Waals surface area contributed by atoms with Crippen molar-refractivity contribution in [3.05, 3.63) is 24.3 Å². The summed E-state index contributed by atoms with van der Waals surface area (Å²) in [5.41, 5.74) is 6.54. The van der Waals surface area contributed by atoms with Crippen LogP contribution in [0.1, 0.15) is 6.42 Å². The highest BCUT2D eigenvalue weighted by Crippen LogP contribution is 2.19. The molecule has 2 N–H and O–H groups in total. The van der Waals surface area contributed by atoms with E-state index < -0.39 is 0 Å². The zero-order valence-corrected chi connectivity index (χ0v) is 11.1. The fourth-order valence-corrected chi connectivity index (χ4v) is 2.15. The molecule has 2 rings (SSSR count). The van der Waals surface area contributed by atoms with Crippen LogP contribution >= 0.6 is 0 Å². The van der Waals surface area contributed by atoms with Crippen molar-refractivity contribution in [1.82, 2.24) is 9.80 Å². The summed E-state index contributed by atoms with van der Waals surface area (Å²) in [6, 6.07) is 7.67. The number of likely N-dealkylation sites (N-methyl/N-ethyl adjacent to an activating group) is 1. The molecule has 4 heteroatoms. The van der Waals surface area contributed by atoms with Gasteiger partial charge >= 0.3 is 0 Å². The molecule has 1 aromatic carbocycles. The van der Waals surface area contributed by atoms with Crippen LogP contribution in [0.5, 0.6) is 5.75 Å². The number of benzene rings is 1. The highest BCUT2D eigenvalue weighted by molar-refractivity contribution is 5.51. The van der Waals surface area contributed by atoms with Gasteiger partial charge < -0.3 is 20.3 Å². The van der Waals surface area contributed by atoms with Crippen LogP contribution in [0.4, 0.5) is 5.69 Å². The first-order valence-corrected chi connectivity index (χ1v) is 6.64. The lowest BCUT2D eigenvalue weighted by Gasteiger charge is -2.32. The summed E-state index contributed by atoms with van der Waals surface area (Å²) in [5, 5.41) is 0. The van der Waals surface area contributed by atoms with Gasteiger partial charge in [-0.15, -0.1) is 0 Å². The highest BCUT2D eigenvalue weighted by atomic mass is 16.5. The van der Waals surface area contributed by atoms with Gasteiger partial charge in [-0.2, -0.15) is 0 Å². The smallest absolute Gasteiger partial charge is 0.142 e. The summed E-state index contributed by atoms with van der Waals surface area (Å²) in [6.45, 7) is 6.54. The van der Waals surface area contributed by atoms with Gasteiger partial charge in [-0.05, 0) is 25.6 Å². The molecule has 0 amide bonds. The molecular formula is C14H23N3O. The van der Waals surface area contributed by atoms with Gasteiger partial charge in [0.2, 0.25) is 0 Å². The lowest BCUT2D eigenvalue weighted by atomic mass is 10.3. The number of piperazine rings is 1. The lowest BCUT2D eigenvalue weighted by Crippen LogP contribution is -2.44. The van der Waals surface area contributed by atoms with E-state index in [9.17, 15) is 0 Å². The maximum atomic E-state index is 5.82. The van der Waals surface area contributed by atoms with Crippen molar-refractivity contribution in [2.45, 2.75) is 6.42 Å². The Hall–Kier alpha value is -1.26. The summed E-state index contributed by atoms with van der Waals surface area (Å²) in [7, 11) is 2.18. The molecule has 1 heterocycles. The monoisotopic (exact) mass is 249 g/mol. The highest BCUT2D eigenvalue weighted by Gasteiger charge is 2.12. The van der Waals surface area contributed by atoms with E-state index in [0.29, 0.717) is 0 Å². The summed E-state index contributed by atoms with van der Waals surface area (Å²) in [6.07, 6.45) is 1.05. The molecule has 0 spiro atoms. The van der Waals surface area contributed by atoms with E-state index >= 15 is 0 Å². The van der Waals surface area contributed by atoms with Gasteiger partial charge in [0.25, 0.3) is 0 Å². The Kier molecular flexibility index (Phi) is 4.84. The van der Waals surface area contributed by atoms with Crippen LogP contribution in [-0.2, 0) is 0 Å². The van der Waals surface area contributed by atoms with Crippen LogP contribution in [0, 0.1) is 0 Å². The number of nitrogens with zero attached hydrogens (tertiary/aromatic N) is 2. The van der Waals surface area contributed by atoms with E-state index in [1.54, 1.807) is 0 Å². The van der Waals surface area contributed by atoms with Crippen molar-refractivity contribution >= 4 is 5.69 Å². The molecule has 0 saturated carbocycles. The fraction of sp³-hybridized carbons (Fsp3) is 0.571. The third-order valence-electron chi connectivity index (χ3n) is 3.39. The Balaban J connectivity index is 1.63. The Morgan fingerprint density at radius 2 is 1.89 bits per heavy atom. The Morgan fingerprint density at radius 3 is 2.61 bits per heavy atom. The van der Waals surface area contributed by atoms with Crippen LogP contribution in [0.15, 0.2) is 24.3 Å². The van der Waals surface area contributed by atoms with Crippen molar-refractivity contribution < 1.29 is 4.74 Å². The number of ether oxygens (including phenoxy) is 1. The molecule has 0 bridgehead atoms. The van der Waals surface area contributed by atoms with Crippen molar-refractivity contribution in [2.24, 2.45) is 0 Å².